The van der Waals surface area contributed by atoms with E-state index >= 15 is 0 Å². The first-order valence-electron chi connectivity index (χ1n) is 4.02. The standard InChI is InChI=1S/C7H8I3N3S/c8-7(9,10)13-2-1-4-5(3-13)14-6(11)12-4/h1-3H2,(H2,11,12). The van der Waals surface area contributed by atoms with E-state index in [-0.39, 0.29) is -0.441 Å². The summed E-state index contributed by atoms with van der Waals surface area (Å²) in [6.07, 6.45) is 1.03. The second-order valence-electron chi connectivity index (χ2n) is 3.06. The Balaban J connectivity index is 2.21. The zero-order valence-corrected chi connectivity index (χ0v) is 14.4. The molecule has 0 spiro atoms. The summed E-state index contributed by atoms with van der Waals surface area (Å²) in [6.45, 7) is 2.06. The maximum Gasteiger partial charge on any atom is 0.180 e. The molecule has 0 fully saturated rings. The summed E-state index contributed by atoms with van der Waals surface area (Å²) < 4.78 is 0.156. The maximum atomic E-state index is 5.70. The van der Waals surface area contributed by atoms with E-state index in [0.717, 1.165) is 19.5 Å². The Morgan fingerprint density at radius 1 is 1.43 bits per heavy atom. The van der Waals surface area contributed by atoms with Crippen LogP contribution in [0.4, 0.5) is 5.13 Å². The summed E-state index contributed by atoms with van der Waals surface area (Å²) in [5.74, 6) is 0. The first-order chi connectivity index (χ1) is 6.47. The Hall–Kier alpha value is 1.58. The van der Waals surface area contributed by atoms with Gasteiger partial charge in [-0.15, -0.1) is 11.3 Å². The zero-order chi connectivity index (χ0) is 10.3. The van der Waals surface area contributed by atoms with E-state index in [1.165, 1.54) is 10.6 Å². The van der Waals surface area contributed by atoms with Crippen molar-refractivity contribution in [3.05, 3.63) is 10.6 Å². The second-order valence-corrected chi connectivity index (χ2v) is 15.1. The number of nitrogen functional groups attached to an aromatic ring is 1. The Morgan fingerprint density at radius 3 is 2.79 bits per heavy atom. The van der Waals surface area contributed by atoms with Gasteiger partial charge in [-0.3, -0.25) is 4.90 Å². The Labute approximate surface area is 128 Å². The minimum absolute atomic E-state index is 0.156. The molecule has 2 N–H and O–H groups in total. The van der Waals surface area contributed by atoms with Crippen molar-refractivity contribution in [2.24, 2.45) is 0 Å². The molecule has 78 valence electrons. The zero-order valence-electron chi connectivity index (χ0n) is 7.14. The molecule has 0 aromatic carbocycles. The van der Waals surface area contributed by atoms with Gasteiger partial charge in [0, 0.05) is 24.4 Å². The summed E-state index contributed by atoms with van der Waals surface area (Å²) in [6, 6.07) is 0. The van der Waals surface area contributed by atoms with Crippen LogP contribution in [0.25, 0.3) is 0 Å². The maximum absolute atomic E-state index is 5.70. The van der Waals surface area contributed by atoms with Crippen molar-refractivity contribution in [1.82, 2.24) is 9.88 Å². The van der Waals surface area contributed by atoms with Crippen LogP contribution in [-0.4, -0.2) is 16.0 Å². The van der Waals surface area contributed by atoms with Gasteiger partial charge in [-0.2, -0.15) is 0 Å². The predicted octanol–water partition coefficient (Wildman–Crippen LogP) is 3.00. The van der Waals surface area contributed by atoms with Gasteiger partial charge in [0.25, 0.3) is 0 Å². The number of nitrogens with two attached hydrogens (primary N) is 1. The van der Waals surface area contributed by atoms with Crippen LogP contribution in [0.5, 0.6) is 0 Å². The molecule has 1 aromatic rings. The van der Waals surface area contributed by atoms with Crippen LogP contribution in [-0.2, 0) is 13.0 Å². The highest BCUT2D eigenvalue weighted by Crippen LogP contribution is 2.42. The van der Waals surface area contributed by atoms with Gasteiger partial charge < -0.3 is 5.73 Å². The molecule has 0 atom stereocenters. The number of alkyl halides is 3. The highest BCUT2D eigenvalue weighted by atomic mass is 127. The normalized spacial score (nSPS) is 18.2. The minimum atomic E-state index is 0.156. The van der Waals surface area contributed by atoms with Crippen LogP contribution in [0.1, 0.15) is 10.6 Å². The smallest absolute Gasteiger partial charge is 0.180 e. The Morgan fingerprint density at radius 2 is 2.14 bits per heavy atom. The number of aromatic nitrogens is 1. The van der Waals surface area contributed by atoms with Gasteiger partial charge in [-0.25, -0.2) is 4.98 Å². The second kappa shape index (κ2) is 4.45. The van der Waals surface area contributed by atoms with Crippen molar-refractivity contribution in [2.75, 3.05) is 12.3 Å². The van der Waals surface area contributed by atoms with E-state index in [1.54, 1.807) is 11.3 Å². The van der Waals surface area contributed by atoms with E-state index in [0.29, 0.717) is 5.13 Å². The third-order valence-corrected chi connectivity index (χ3v) is 5.06. The van der Waals surface area contributed by atoms with E-state index in [2.05, 4.69) is 77.7 Å². The largest absolute Gasteiger partial charge is 0.375 e. The lowest BCUT2D eigenvalue weighted by Gasteiger charge is -2.33. The van der Waals surface area contributed by atoms with Crippen LogP contribution >= 0.6 is 79.1 Å². The van der Waals surface area contributed by atoms with E-state index in [4.69, 9.17) is 5.73 Å². The molecular formula is C7H8I3N3S. The molecule has 0 amide bonds. The number of anilines is 1. The summed E-state index contributed by atoms with van der Waals surface area (Å²) >= 11 is 8.99. The van der Waals surface area contributed by atoms with Crippen molar-refractivity contribution in [3.8, 4) is 0 Å². The number of rotatable bonds is 1. The third kappa shape index (κ3) is 2.63. The fourth-order valence-corrected chi connectivity index (χ4v) is 3.56. The quantitative estimate of drug-likeness (QED) is 0.335. The van der Waals surface area contributed by atoms with Crippen LogP contribution in [0.3, 0.4) is 0 Å². The number of nitrogens with zero attached hydrogens (tertiary/aromatic N) is 2. The molecule has 1 aromatic heterocycles. The van der Waals surface area contributed by atoms with Crippen LogP contribution in [0, 0.1) is 0 Å². The van der Waals surface area contributed by atoms with Crippen molar-refractivity contribution >= 4 is 84.2 Å². The summed E-state index contributed by atoms with van der Waals surface area (Å²) in [5.41, 5.74) is 6.90. The molecule has 0 radical (unpaired) electrons. The molecule has 2 heterocycles. The summed E-state index contributed by atoms with van der Waals surface area (Å²) in [5, 5.41) is 0.706. The first kappa shape index (κ1) is 12.0. The monoisotopic (exact) mass is 547 g/mol. The van der Waals surface area contributed by atoms with Gasteiger partial charge in [-0.05, 0) is 67.8 Å². The van der Waals surface area contributed by atoms with Crippen molar-refractivity contribution in [3.63, 3.8) is 0 Å². The lowest BCUT2D eigenvalue weighted by molar-refractivity contribution is 0.292. The molecule has 0 aliphatic carbocycles. The summed E-state index contributed by atoms with van der Waals surface area (Å²) in [4.78, 5) is 8.11. The highest BCUT2D eigenvalue weighted by Gasteiger charge is 2.31. The van der Waals surface area contributed by atoms with Crippen molar-refractivity contribution in [1.29, 1.82) is 0 Å². The molecule has 0 saturated carbocycles. The van der Waals surface area contributed by atoms with E-state index in [1.807, 2.05) is 0 Å². The first-order valence-corrected chi connectivity index (χ1v) is 8.08. The number of hydrogen-bond donors (Lipinski definition) is 1. The van der Waals surface area contributed by atoms with Crippen molar-refractivity contribution < 1.29 is 0 Å². The predicted molar refractivity (Wildman–Crippen MR) is 85.4 cm³/mol. The lowest BCUT2D eigenvalue weighted by atomic mass is 10.2. The molecule has 1 aliphatic heterocycles. The van der Waals surface area contributed by atoms with Gasteiger partial charge >= 0.3 is 0 Å². The van der Waals surface area contributed by atoms with Crippen LogP contribution in [0.15, 0.2) is 0 Å². The van der Waals surface area contributed by atoms with Crippen LogP contribution in [0.2, 0.25) is 0 Å². The number of halogens is 3. The number of hydrogen-bond acceptors (Lipinski definition) is 4. The van der Waals surface area contributed by atoms with E-state index < -0.39 is 0 Å². The fourth-order valence-electron chi connectivity index (χ4n) is 1.43. The van der Waals surface area contributed by atoms with Crippen molar-refractivity contribution in [2.45, 2.75) is 12.5 Å². The number of thiazole rings is 1. The highest BCUT2D eigenvalue weighted by molar-refractivity contribution is 14.3. The molecule has 2 rings (SSSR count). The van der Waals surface area contributed by atoms with Gasteiger partial charge in [-0.1, -0.05) is 0 Å². The van der Waals surface area contributed by atoms with Gasteiger partial charge in [0.15, 0.2) is 4.69 Å². The molecule has 0 unspecified atom stereocenters. The molecule has 1 aliphatic rings. The molecule has 3 nitrogen and oxygen atoms in total. The molecular weight excluding hydrogens is 539 g/mol. The molecule has 0 bridgehead atoms. The average molecular weight is 547 g/mol. The number of fused-ring (bicyclic) bond motifs is 1. The third-order valence-electron chi connectivity index (χ3n) is 2.11. The van der Waals surface area contributed by atoms with Gasteiger partial charge in [0.2, 0.25) is 0 Å². The lowest BCUT2D eigenvalue weighted by Crippen LogP contribution is -2.37. The van der Waals surface area contributed by atoms with Crippen LogP contribution < -0.4 is 5.73 Å². The Kier molecular flexibility index (Phi) is 3.83. The fraction of sp³-hybridized carbons (Fsp3) is 0.571. The topological polar surface area (TPSA) is 42.1 Å². The Bertz CT molecular complexity index is 346. The average Bonchev–Trinajstić information content (AvgIpc) is 2.41. The molecule has 7 heteroatoms. The summed E-state index contributed by atoms with van der Waals surface area (Å²) in [7, 11) is 0. The molecule has 14 heavy (non-hydrogen) atoms. The molecule has 0 saturated heterocycles. The van der Waals surface area contributed by atoms with Gasteiger partial charge in [0.1, 0.15) is 0 Å². The SMILES string of the molecule is Nc1nc2c(s1)CN(C(I)(I)I)CC2. The van der Waals surface area contributed by atoms with E-state index in [9.17, 15) is 0 Å². The van der Waals surface area contributed by atoms with Gasteiger partial charge in [0.05, 0.1) is 5.69 Å². The minimum Gasteiger partial charge on any atom is -0.375 e.